The molecule has 1 atom stereocenters. The van der Waals surface area contributed by atoms with E-state index < -0.39 is 12.1 Å². The molecular formula is C26H29FO4. The Morgan fingerprint density at radius 2 is 1.97 bits per heavy atom. The average molecular weight is 425 g/mol. The molecule has 0 amide bonds. The number of hydrogen-bond acceptors (Lipinski definition) is 4. The highest BCUT2D eigenvalue weighted by molar-refractivity contribution is 5.85. The van der Waals surface area contributed by atoms with Gasteiger partial charge < -0.3 is 14.2 Å². The molecule has 3 aliphatic rings. The quantitative estimate of drug-likeness (QED) is 0.558. The van der Waals surface area contributed by atoms with Gasteiger partial charge >= 0.3 is 5.97 Å². The zero-order valence-corrected chi connectivity index (χ0v) is 18.4. The van der Waals surface area contributed by atoms with Crippen LogP contribution in [0, 0.1) is 19.7 Å². The van der Waals surface area contributed by atoms with Crippen molar-refractivity contribution in [2.75, 3.05) is 13.7 Å². The topological polar surface area (TPSA) is 44.8 Å². The number of halogens is 1. The van der Waals surface area contributed by atoms with Gasteiger partial charge in [-0.15, -0.1) is 0 Å². The van der Waals surface area contributed by atoms with Crippen molar-refractivity contribution >= 4 is 5.97 Å². The van der Waals surface area contributed by atoms with E-state index in [2.05, 4.69) is 12.1 Å². The summed E-state index contributed by atoms with van der Waals surface area (Å²) in [5.41, 5.74) is 6.71. The molecule has 0 spiro atoms. The lowest BCUT2D eigenvalue weighted by molar-refractivity contribution is -0.155. The number of fused-ring (bicyclic) bond motifs is 1. The van der Waals surface area contributed by atoms with Crippen molar-refractivity contribution in [2.24, 2.45) is 0 Å². The van der Waals surface area contributed by atoms with E-state index in [0.29, 0.717) is 18.3 Å². The molecule has 5 heteroatoms. The number of methoxy groups -OCH3 is 1. The second kappa shape index (κ2) is 7.94. The highest BCUT2D eigenvalue weighted by Gasteiger charge is 2.37. The summed E-state index contributed by atoms with van der Waals surface area (Å²) in [4.78, 5) is 12.9. The summed E-state index contributed by atoms with van der Waals surface area (Å²) in [5.74, 6) is 0.0857. The Morgan fingerprint density at radius 1 is 1.19 bits per heavy atom. The minimum absolute atomic E-state index is 0.0793. The largest absolute Gasteiger partial charge is 0.490 e. The molecule has 2 aromatic carbocycles. The van der Waals surface area contributed by atoms with Gasteiger partial charge in [-0.1, -0.05) is 12.1 Å². The van der Waals surface area contributed by atoms with E-state index in [9.17, 15) is 4.79 Å². The van der Waals surface area contributed by atoms with Crippen LogP contribution in [0.1, 0.15) is 71.9 Å². The van der Waals surface area contributed by atoms with Gasteiger partial charge in [0.25, 0.3) is 0 Å². The first kappa shape index (κ1) is 20.5. The average Bonchev–Trinajstić information content (AvgIpc) is 3.68. The normalized spacial score (nSPS) is 18.8. The Balaban J connectivity index is 1.75. The maximum atomic E-state index is 15.2. The van der Waals surface area contributed by atoms with E-state index in [1.807, 2.05) is 13.8 Å². The predicted molar refractivity (Wildman–Crippen MR) is 116 cm³/mol. The third-order valence-electron chi connectivity index (χ3n) is 6.75. The van der Waals surface area contributed by atoms with Crippen LogP contribution in [-0.2, 0) is 20.7 Å². The van der Waals surface area contributed by atoms with Crippen molar-refractivity contribution < 1.29 is 23.4 Å². The van der Waals surface area contributed by atoms with Gasteiger partial charge in [0.1, 0.15) is 0 Å². The second-order valence-corrected chi connectivity index (χ2v) is 9.06. The fourth-order valence-electron chi connectivity index (χ4n) is 4.78. The van der Waals surface area contributed by atoms with Crippen molar-refractivity contribution in [2.45, 2.75) is 70.5 Å². The van der Waals surface area contributed by atoms with E-state index in [4.69, 9.17) is 14.2 Å². The highest BCUT2D eigenvalue weighted by atomic mass is 19.1. The molecular weight excluding hydrogens is 395 g/mol. The summed E-state index contributed by atoms with van der Waals surface area (Å²) in [7, 11) is 1.40. The minimum atomic E-state index is -0.805. The number of rotatable bonds is 6. The lowest BCUT2D eigenvalue weighted by atomic mass is 9.83. The Hall–Kier alpha value is -2.40. The highest BCUT2D eigenvalue weighted by Crippen LogP contribution is 2.50. The van der Waals surface area contributed by atoms with Crippen molar-refractivity contribution in [3.8, 4) is 16.9 Å². The van der Waals surface area contributed by atoms with Crippen LogP contribution in [0.15, 0.2) is 18.2 Å². The van der Waals surface area contributed by atoms with Gasteiger partial charge in [0, 0.05) is 11.1 Å². The van der Waals surface area contributed by atoms with Gasteiger partial charge in [-0.05, 0) is 92.2 Å². The number of aryl methyl sites for hydroxylation is 1. The smallest absolute Gasteiger partial charge is 0.339 e. The van der Waals surface area contributed by atoms with Crippen molar-refractivity contribution in [1.29, 1.82) is 0 Å². The summed E-state index contributed by atoms with van der Waals surface area (Å²) in [6, 6.07) is 5.80. The fraction of sp³-hybridized carbons (Fsp3) is 0.500. The minimum Gasteiger partial charge on any atom is -0.490 e. The molecule has 2 aromatic rings. The van der Waals surface area contributed by atoms with Crippen molar-refractivity contribution in [3.63, 3.8) is 0 Å². The third kappa shape index (κ3) is 3.73. The molecule has 0 unspecified atom stereocenters. The molecule has 5 rings (SSSR count). The van der Waals surface area contributed by atoms with Gasteiger partial charge in [0.05, 0.1) is 19.8 Å². The van der Waals surface area contributed by atoms with E-state index in [-0.39, 0.29) is 11.9 Å². The molecule has 0 N–H and O–H groups in total. The Kier molecular flexibility index (Phi) is 5.25. The first-order chi connectivity index (χ1) is 15.0. The summed E-state index contributed by atoms with van der Waals surface area (Å²) in [5, 5.41) is 0. The molecule has 2 fully saturated rings. The SMILES string of the molecule is COC(=O)[C@@H](OC1CC1)c1c(C)ccc(C2CC2)c1-c1cc(F)c2c(c1C)CCCO2. The summed E-state index contributed by atoms with van der Waals surface area (Å²) >= 11 is 0. The molecule has 0 radical (unpaired) electrons. The second-order valence-electron chi connectivity index (χ2n) is 9.06. The lowest BCUT2D eigenvalue weighted by Crippen LogP contribution is -2.21. The van der Waals surface area contributed by atoms with Gasteiger partial charge in [0.2, 0.25) is 0 Å². The molecule has 0 aromatic heterocycles. The number of hydrogen-bond donors (Lipinski definition) is 0. The maximum Gasteiger partial charge on any atom is 0.339 e. The number of carbonyl (C=O) groups excluding carboxylic acids is 1. The summed E-state index contributed by atoms with van der Waals surface area (Å²) in [6.07, 6.45) is 5.07. The van der Waals surface area contributed by atoms with Crippen molar-refractivity contribution in [3.05, 3.63) is 51.8 Å². The number of benzene rings is 2. The van der Waals surface area contributed by atoms with Gasteiger partial charge in [0.15, 0.2) is 17.7 Å². The molecule has 4 nitrogen and oxygen atoms in total. The van der Waals surface area contributed by atoms with E-state index in [1.165, 1.54) is 12.7 Å². The van der Waals surface area contributed by atoms with Crippen LogP contribution in [0.4, 0.5) is 4.39 Å². The monoisotopic (exact) mass is 424 g/mol. The van der Waals surface area contributed by atoms with Gasteiger partial charge in [-0.2, -0.15) is 0 Å². The van der Waals surface area contributed by atoms with Gasteiger partial charge in [-0.3, -0.25) is 0 Å². The molecule has 164 valence electrons. The van der Waals surface area contributed by atoms with E-state index >= 15 is 4.39 Å². The predicted octanol–water partition coefficient (Wildman–Crippen LogP) is 5.71. The Morgan fingerprint density at radius 3 is 2.65 bits per heavy atom. The molecule has 2 saturated carbocycles. The zero-order valence-electron chi connectivity index (χ0n) is 18.4. The van der Waals surface area contributed by atoms with Gasteiger partial charge in [-0.25, -0.2) is 9.18 Å². The maximum absolute atomic E-state index is 15.2. The number of esters is 1. The van der Waals surface area contributed by atoms with Crippen LogP contribution >= 0.6 is 0 Å². The third-order valence-corrected chi connectivity index (χ3v) is 6.75. The first-order valence-corrected chi connectivity index (χ1v) is 11.3. The van der Waals surface area contributed by atoms with Crippen LogP contribution in [0.25, 0.3) is 11.1 Å². The van der Waals surface area contributed by atoms with Crippen LogP contribution in [-0.4, -0.2) is 25.8 Å². The van der Waals surface area contributed by atoms with Crippen LogP contribution < -0.4 is 4.74 Å². The number of ether oxygens (including phenoxy) is 3. The van der Waals surface area contributed by atoms with Crippen LogP contribution in [0.3, 0.4) is 0 Å². The first-order valence-electron chi connectivity index (χ1n) is 11.3. The summed E-state index contributed by atoms with van der Waals surface area (Å²) < 4.78 is 32.2. The fourth-order valence-corrected chi connectivity index (χ4v) is 4.78. The summed E-state index contributed by atoms with van der Waals surface area (Å²) in [6.45, 7) is 4.58. The van der Waals surface area contributed by atoms with E-state index in [0.717, 1.165) is 71.9 Å². The van der Waals surface area contributed by atoms with Crippen molar-refractivity contribution in [1.82, 2.24) is 0 Å². The van der Waals surface area contributed by atoms with Crippen LogP contribution in [0.2, 0.25) is 0 Å². The van der Waals surface area contributed by atoms with E-state index in [1.54, 1.807) is 6.07 Å². The molecule has 1 aliphatic heterocycles. The molecule has 31 heavy (non-hydrogen) atoms. The number of carbonyl (C=O) groups is 1. The Labute approximate surface area is 182 Å². The molecule has 0 saturated heterocycles. The lowest BCUT2D eigenvalue weighted by Gasteiger charge is -2.27. The molecule has 1 heterocycles. The van der Waals surface area contributed by atoms with Crippen LogP contribution in [0.5, 0.6) is 5.75 Å². The standard InChI is InChI=1S/C26H29FO4/c1-14-6-11-19(16-7-8-16)23(22(14)25(26(28)29-3)31-17-9-10-17)20-13-21(27)24-18(15(20)2)5-4-12-30-24/h6,11,13,16-17,25H,4-5,7-10,12H2,1-3H3/t25-/m0/s1. The molecule has 2 aliphatic carbocycles. The molecule has 0 bridgehead atoms. The Bertz CT molecular complexity index is 1040. The zero-order chi connectivity index (χ0) is 21.7.